The van der Waals surface area contributed by atoms with Gasteiger partial charge in [0, 0.05) is 19.6 Å². The molecule has 0 unspecified atom stereocenters. The van der Waals surface area contributed by atoms with E-state index in [0.29, 0.717) is 0 Å². The number of thioether (sulfide) groups is 1. The van der Waals surface area contributed by atoms with Gasteiger partial charge in [-0.05, 0) is 48.2 Å². The second-order valence-corrected chi connectivity index (χ2v) is 7.40. The number of benzene rings is 1. The number of hydrogen-bond donors (Lipinski definition) is 1. The van der Waals surface area contributed by atoms with Gasteiger partial charge in [0.05, 0.1) is 16.3 Å². The van der Waals surface area contributed by atoms with Crippen molar-refractivity contribution in [2.75, 3.05) is 29.9 Å². The van der Waals surface area contributed by atoms with E-state index in [-0.39, 0.29) is 5.41 Å². The molecule has 2 aliphatic rings. The molecule has 3 rings (SSSR count). The van der Waals surface area contributed by atoms with Crippen LogP contribution in [0.5, 0.6) is 0 Å². The molecule has 3 nitrogen and oxygen atoms in total. The van der Waals surface area contributed by atoms with Gasteiger partial charge in [0.2, 0.25) is 0 Å². The minimum Gasteiger partial charge on any atom is -0.384 e. The van der Waals surface area contributed by atoms with Crippen molar-refractivity contribution >= 4 is 28.3 Å². The standard InChI is InChI=1S/C16H23N3S/c1-5-17-12-9-11(16(2,3)4)10-13-14(12)20-15-18-7-6-8-19(13)15/h9-10,17H,5-8H2,1-4H3. The summed E-state index contributed by atoms with van der Waals surface area (Å²) >= 11 is 1.82. The summed E-state index contributed by atoms with van der Waals surface area (Å²) in [6.45, 7) is 12.0. The maximum atomic E-state index is 4.68. The highest BCUT2D eigenvalue weighted by molar-refractivity contribution is 8.15. The van der Waals surface area contributed by atoms with Crippen LogP contribution in [0.2, 0.25) is 0 Å². The molecular formula is C16H23N3S. The van der Waals surface area contributed by atoms with E-state index in [0.717, 1.165) is 26.1 Å². The van der Waals surface area contributed by atoms with Crippen molar-refractivity contribution in [3.8, 4) is 0 Å². The van der Waals surface area contributed by atoms with Crippen molar-refractivity contribution < 1.29 is 0 Å². The summed E-state index contributed by atoms with van der Waals surface area (Å²) in [6.07, 6.45) is 1.15. The number of nitrogens with zero attached hydrogens (tertiary/aromatic N) is 2. The van der Waals surface area contributed by atoms with E-state index in [1.807, 2.05) is 11.8 Å². The summed E-state index contributed by atoms with van der Waals surface area (Å²) in [7, 11) is 0. The van der Waals surface area contributed by atoms with Crippen molar-refractivity contribution in [2.24, 2.45) is 4.99 Å². The molecule has 0 saturated carbocycles. The molecule has 0 radical (unpaired) electrons. The van der Waals surface area contributed by atoms with Gasteiger partial charge in [-0.1, -0.05) is 20.8 Å². The Balaban J connectivity index is 2.12. The zero-order valence-electron chi connectivity index (χ0n) is 12.8. The lowest BCUT2D eigenvalue weighted by Crippen LogP contribution is -2.30. The van der Waals surface area contributed by atoms with E-state index in [4.69, 9.17) is 0 Å². The van der Waals surface area contributed by atoms with E-state index in [1.54, 1.807) is 0 Å². The molecule has 0 saturated heterocycles. The Morgan fingerprint density at radius 3 is 2.85 bits per heavy atom. The van der Waals surface area contributed by atoms with Crippen molar-refractivity contribution in [1.82, 2.24) is 0 Å². The minimum atomic E-state index is 0.166. The van der Waals surface area contributed by atoms with Gasteiger partial charge in [0.1, 0.15) is 0 Å². The van der Waals surface area contributed by atoms with Crippen molar-refractivity contribution in [3.05, 3.63) is 17.7 Å². The quantitative estimate of drug-likeness (QED) is 0.888. The molecule has 1 aromatic carbocycles. The number of aliphatic imine (C=N–C) groups is 1. The van der Waals surface area contributed by atoms with Gasteiger partial charge < -0.3 is 10.2 Å². The van der Waals surface area contributed by atoms with Gasteiger partial charge in [-0.15, -0.1) is 0 Å². The fourth-order valence-corrected chi connectivity index (χ4v) is 3.82. The number of fused-ring (bicyclic) bond motifs is 3. The fourth-order valence-electron chi connectivity index (χ4n) is 2.66. The van der Waals surface area contributed by atoms with Gasteiger partial charge in [-0.3, -0.25) is 4.99 Å². The van der Waals surface area contributed by atoms with Gasteiger partial charge in [0.15, 0.2) is 5.17 Å². The molecule has 2 heterocycles. The molecule has 0 amide bonds. The Labute approximate surface area is 125 Å². The molecule has 20 heavy (non-hydrogen) atoms. The molecule has 1 N–H and O–H groups in total. The highest BCUT2D eigenvalue weighted by Gasteiger charge is 2.32. The van der Waals surface area contributed by atoms with Crippen LogP contribution in [0.3, 0.4) is 0 Å². The van der Waals surface area contributed by atoms with Crippen LogP contribution in [-0.2, 0) is 5.41 Å². The number of rotatable bonds is 2. The zero-order valence-corrected chi connectivity index (χ0v) is 13.6. The molecule has 0 fully saturated rings. The van der Waals surface area contributed by atoms with Crippen LogP contribution in [0.1, 0.15) is 39.7 Å². The molecular weight excluding hydrogens is 266 g/mol. The number of anilines is 2. The summed E-state index contributed by atoms with van der Waals surface area (Å²) < 4.78 is 0. The first-order valence-corrected chi connectivity index (χ1v) is 8.24. The van der Waals surface area contributed by atoms with E-state index < -0.39 is 0 Å². The van der Waals surface area contributed by atoms with Crippen LogP contribution in [0.25, 0.3) is 0 Å². The maximum Gasteiger partial charge on any atom is 0.168 e. The normalized spacial score (nSPS) is 17.6. The summed E-state index contributed by atoms with van der Waals surface area (Å²) in [6, 6.07) is 4.67. The summed E-state index contributed by atoms with van der Waals surface area (Å²) in [5.74, 6) is 0. The third kappa shape index (κ3) is 2.30. The molecule has 0 spiro atoms. The van der Waals surface area contributed by atoms with Crippen LogP contribution in [0, 0.1) is 0 Å². The zero-order chi connectivity index (χ0) is 14.3. The maximum absolute atomic E-state index is 4.68. The summed E-state index contributed by atoms with van der Waals surface area (Å²) in [5, 5.41) is 4.70. The average Bonchev–Trinajstić information content (AvgIpc) is 2.77. The summed E-state index contributed by atoms with van der Waals surface area (Å²) in [5.41, 5.74) is 4.16. The van der Waals surface area contributed by atoms with Gasteiger partial charge in [0.25, 0.3) is 0 Å². The Kier molecular flexibility index (Phi) is 3.44. The molecule has 108 valence electrons. The third-order valence-electron chi connectivity index (χ3n) is 3.80. The first kappa shape index (κ1) is 13.8. The monoisotopic (exact) mass is 289 g/mol. The minimum absolute atomic E-state index is 0.166. The number of amidine groups is 1. The summed E-state index contributed by atoms with van der Waals surface area (Å²) in [4.78, 5) is 8.41. The van der Waals surface area contributed by atoms with Crippen molar-refractivity contribution in [2.45, 2.75) is 44.4 Å². The second kappa shape index (κ2) is 4.99. The molecule has 4 heteroatoms. The van der Waals surface area contributed by atoms with Crippen LogP contribution < -0.4 is 10.2 Å². The topological polar surface area (TPSA) is 27.6 Å². The van der Waals surface area contributed by atoms with Crippen molar-refractivity contribution in [1.29, 1.82) is 0 Å². The lowest BCUT2D eigenvalue weighted by Gasteiger charge is -2.26. The predicted octanol–water partition coefficient (Wildman–Crippen LogP) is 4.09. The number of nitrogens with one attached hydrogen (secondary N) is 1. The molecule has 2 aliphatic heterocycles. The number of hydrogen-bond acceptors (Lipinski definition) is 4. The smallest absolute Gasteiger partial charge is 0.168 e. The Morgan fingerprint density at radius 1 is 1.35 bits per heavy atom. The highest BCUT2D eigenvalue weighted by Crippen LogP contribution is 2.47. The molecule has 0 aliphatic carbocycles. The second-order valence-electron chi connectivity index (χ2n) is 6.42. The lowest BCUT2D eigenvalue weighted by atomic mass is 9.86. The third-order valence-corrected chi connectivity index (χ3v) is 4.97. The Morgan fingerprint density at radius 2 is 2.15 bits per heavy atom. The molecule has 1 aromatic rings. The first-order chi connectivity index (χ1) is 9.50. The van der Waals surface area contributed by atoms with E-state index in [9.17, 15) is 0 Å². The first-order valence-electron chi connectivity index (χ1n) is 7.43. The van der Waals surface area contributed by atoms with Crippen LogP contribution >= 0.6 is 11.8 Å². The van der Waals surface area contributed by atoms with Crippen molar-refractivity contribution in [3.63, 3.8) is 0 Å². The van der Waals surface area contributed by atoms with Crippen LogP contribution in [0.15, 0.2) is 22.0 Å². The van der Waals surface area contributed by atoms with Gasteiger partial charge >= 0.3 is 0 Å². The Hall–Kier alpha value is -1.16. The largest absolute Gasteiger partial charge is 0.384 e. The highest BCUT2D eigenvalue weighted by atomic mass is 32.2. The van der Waals surface area contributed by atoms with Crippen LogP contribution in [0.4, 0.5) is 11.4 Å². The van der Waals surface area contributed by atoms with E-state index in [2.05, 4.69) is 55.0 Å². The van der Waals surface area contributed by atoms with Crippen LogP contribution in [-0.4, -0.2) is 24.8 Å². The molecule has 0 aromatic heterocycles. The van der Waals surface area contributed by atoms with Gasteiger partial charge in [-0.2, -0.15) is 0 Å². The van der Waals surface area contributed by atoms with Gasteiger partial charge in [-0.25, -0.2) is 0 Å². The average molecular weight is 289 g/mol. The SMILES string of the molecule is CCNc1cc(C(C)(C)C)cc2c1SC1=NCCCN12. The fraction of sp³-hybridized carbons (Fsp3) is 0.562. The van der Waals surface area contributed by atoms with E-state index >= 15 is 0 Å². The predicted molar refractivity (Wildman–Crippen MR) is 89.4 cm³/mol. The Bertz CT molecular complexity index is 558. The molecule has 0 bridgehead atoms. The lowest BCUT2D eigenvalue weighted by molar-refractivity contribution is 0.590. The van der Waals surface area contributed by atoms with E-state index in [1.165, 1.54) is 27.0 Å². The molecule has 0 atom stereocenters.